The van der Waals surface area contributed by atoms with Gasteiger partial charge in [-0.1, -0.05) is 6.07 Å². The Labute approximate surface area is 123 Å². The summed E-state index contributed by atoms with van der Waals surface area (Å²) in [6.07, 6.45) is 0. The van der Waals surface area contributed by atoms with E-state index in [-0.39, 0.29) is 0 Å². The van der Waals surface area contributed by atoms with Crippen molar-refractivity contribution >= 4 is 5.69 Å². The van der Waals surface area contributed by atoms with Crippen molar-refractivity contribution in [3.8, 4) is 17.7 Å². The zero-order chi connectivity index (χ0) is 15.4. The summed E-state index contributed by atoms with van der Waals surface area (Å²) in [5.41, 5.74) is 3.05. The molecule has 110 valence electrons. The molecule has 0 aliphatic heterocycles. The van der Waals surface area contributed by atoms with E-state index in [9.17, 15) is 5.26 Å². The van der Waals surface area contributed by atoms with Gasteiger partial charge in [0, 0.05) is 13.6 Å². The molecule has 1 aromatic carbocycles. The molecule has 0 spiro atoms. The highest BCUT2D eigenvalue weighted by molar-refractivity contribution is 5.66. The van der Waals surface area contributed by atoms with Crippen LogP contribution >= 0.6 is 0 Å². The second-order valence-corrected chi connectivity index (χ2v) is 4.55. The Kier molecular flexibility index (Phi) is 4.33. The summed E-state index contributed by atoms with van der Waals surface area (Å²) in [6, 6.07) is 7.51. The minimum absolute atomic E-state index is 0.498. The second-order valence-electron chi connectivity index (χ2n) is 4.55. The maximum Gasteiger partial charge on any atom is 0.216 e. The van der Waals surface area contributed by atoms with E-state index in [1.807, 2.05) is 20.0 Å². The van der Waals surface area contributed by atoms with Crippen molar-refractivity contribution in [2.75, 3.05) is 19.5 Å². The van der Waals surface area contributed by atoms with Crippen molar-refractivity contribution in [3.05, 3.63) is 35.0 Å². The summed E-state index contributed by atoms with van der Waals surface area (Å²) >= 11 is 0. The van der Waals surface area contributed by atoms with E-state index in [0.717, 1.165) is 11.3 Å². The van der Waals surface area contributed by atoms with Crippen molar-refractivity contribution in [2.45, 2.75) is 13.5 Å². The van der Waals surface area contributed by atoms with Gasteiger partial charge in [-0.2, -0.15) is 10.4 Å². The molecule has 0 saturated carbocycles. The SMILES string of the molecule is COc1cccc(C#N)c1NCc1c(C)nn(C)c1OC. The fourth-order valence-corrected chi connectivity index (χ4v) is 2.29. The molecule has 0 bridgehead atoms. The lowest BCUT2D eigenvalue weighted by Crippen LogP contribution is -2.05. The molecule has 0 aliphatic carbocycles. The Morgan fingerprint density at radius 2 is 2.10 bits per heavy atom. The Morgan fingerprint density at radius 3 is 2.71 bits per heavy atom. The molecular weight excluding hydrogens is 268 g/mol. The van der Waals surface area contributed by atoms with Crippen molar-refractivity contribution < 1.29 is 9.47 Å². The first-order valence-electron chi connectivity index (χ1n) is 6.49. The number of benzene rings is 1. The van der Waals surface area contributed by atoms with E-state index in [0.29, 0.717) is 29.4 Å². The first-order valence-corrected chi connectivity index (χ1v) is 6.49. The van der Waals surface area contributed by atoms with Crippen LogP contribution < -0.4 is 14.8 Å². The molecule has 0 atom stereocenters. The van der Waals surface area contributed by atoms with Crippen LogP contribution in [-0.2, 0) is 13.6 Å². The van der Waals surface area contributed by atoms with E-state index in [2.05, 4.69) is 16.5 Å². The largest absolute Gasteiger partial charge is 0.495 e. The molecule has 0 amide bonds. The molecule has 0 radical (unpaired) electrons. The maximum absolute atomic E-state index is 9.21. The number of aromatic nitrogens is 2. The quantitative estimate of drug-likeness (QED) is 0.912. The number of anilines is 1. The Balaban J connectivity index is 2.31. The molecule has 21 heavy (non-hydrogen) atoms. The van der Waals surface area contributed by atoms with Crippen LogP contribution in [0.25, 0.3) is 0 Å². The summed E-state index contributed by atoms with van der Waals surface area (Å²) in [5, 5.41) is 16.8. The van der Waals surface area contributed by atoms with Gasteiger partial charge in [0.2, 0.25) is 5.88 Å². The third-order valence-electron chi connectivity index (χ3n) is 3.29. The van der Waals surface area contributed by atoms with Gasteiger partial charge >= 0.3 is 0 Å². The van der Waals surface area contributed by atoms with Gasteiger partial charge in [-0.05, 0) is 19.1 Å². The van der Waals surface area contributed by atoms with Crippen LogP contribution in [0.1, 0.15) is 16.8 Å². The average Bonchev–Trinajstić information content (AvgIpc) is 2.77. The predicted octanol–water partition coefficient (Wildman–Crippen LogP) is 2.23. The van der Waals surface area contributed by atoms with Crippen molar-refractivity contribution in [3.63, 3.8) is 0 Å². The zero-order valence-corrected chi connectivity index (χ0v) is 12.6. The second kappa shape index (κ2) is 6.18. The van der Waals surface area contributed by atoms with Crippen LogP contribution in [0.4, 0.5) is 5.69 Å². The zero-order valence-electron chi connectivity index (χ0n) is 12.6. The van der Waals surface area contributed by atoms with Crippen LogP contribution in [0.3, 0.4) is 0 Å². The molecular formula is C15H18N4O2. The molecule has 6 nitrogen and oxygen atoms in total. The molecule has 0 unspecified atom stereocenters. The molecule has 1 aromatic heterocycles. The Morgan fingerprint density at radius 1 is 1.33 bits per heavy atom. The Bertz CT molecular complexity index is 686. The van der Waals surface area contributed by atoms with Gasteiger partial charge in [0.25, 0.3) is 0 Å². The van der Waals surface area contributed by atoms with Gasteiger partial charge in [-0.3, -0.25) is 0 Å². The summed E-state index contributed by atoms with van der Waals surface area (Å²) in [4.78, 5) is 0. The normalized spacial score (nSPS) is 10.0. The van der Waals surface area contributed by atoms with E-state index in [1.54, 1.807) is 31.0 Å². The highest BCUT2D eigenvalue weighted by Gasteiger charge is 2.15. The first kappa shape index (κ1) is 14.7. The van der Waals surface area contributed by atoms with Crippen molar-refractivity contribution in [1.29, 1.82) is 5.26 Å². The van der Waals surface area contributed by atoms with Gasteiger partial charge in [0.05, 0.1) is 36.7 Å². The standard InChI is InChI=1S/C15H18N4O2/c1-10-12(15(21-4)19(2)18-10)9-17-14-11(8-16)6-5-7-13(14)20-3/h5-7,17H,9H2,1-4H3. The highest BCUT2D eigenvalue weighted by Crippen LogP contribution is 2.30. The van der Waals surface area contributed by atoms with Crippen LogP contribution in [0.2, 0.25) is 0 Å². The molecule has 0 aliphatic rings. The smallest absolute Gasteiger partial charge is 0.216 e. The highest BCUT2D eigenvalue weighted by atomic mass is 16.5. The lowest BCUT2D eigenvalue weighted by Gasteiger charge is -2.13. The molecule has 0 fully saturated rings. The molecule has 6 heteroatoms. The number of rotatable bonds is 5. The van der Waals surface area contributed by atoms with E-state index < -0.39 is 0 Å². The minimum Gasteiger partial charge on any atom is -0.495 e. The molecule has 2 aromatic rings. The number of aryl methyl sites for hydroxylation is 2. The van der Waals surface area contributed by atoms with Crippen LogP contribution in [-0.4, -0.2) is 24.0 Å². The third kappa shape index (κ3) is 2.77. The van der Waals surface area contributed by atoms with Gasteiger partial charge in [-0.15, -0.1) is 0 Å². The predicted molar refractivity (Wildman–Crippen MR) is 79.5 cm³/mol. The third-order valence-corrected chi connectivity index (χ3v) is 3.29. The number of para-hydroxylation sites is 1. The number of hydrogen-bond acceptors (Lipinski definition) is 5. The fraction of sp³-hybridized carbons (Fsp3) is 0.333. The first-order chi connectivity index (χ1) is 10.1. The van der Waals surface area contributed by atoms with Gasteiger partial charge in [-0.25, -0.2) is 4.68 Å². The lowest BCUT2D eigenvalue weighted by molar-refractivity contribution is 0.369. The number of nitrogens with zero attached hydrogens (tertiary/aromatic N) is 3. The lowest BCUT2D eigenvalue weighted by atomic mass is 10.1. The number of methoxy groups -OCH3 is 2. The maximum atomic E-state index is 9.21. The monoisotopic (exact) mass is 286 g/mol. The van der Waals surface area contributed by atoms with Crippen molar-refractivity contribution in [1.82, 2.24) is 9.78 Å². The number of nitriles is 1. The molecule has 2 rings (SSSR count). The number of nitrogens with one attached hydrogen (secondary N) is 1. The topological polar surface area (TPSA) is 72.1 Å². The van der Waals surface area contributed by atoms with E-state index in [1.165, 1.54) is 0 Å². The van der Waals surface area contributed by atoms with E-state index in [4.69, 9.17) is 9.47 Å². The van der Waals surface area contributed by atoms with Crippen molar-refractivity contribution in [2.24, 2.45) is 7.05 Å². The average molecular weight is 286 g/mol. The fourth-order valence-electron chi connectivity index (χ4n) is 2.29. The molecule has 1 N–H and O–H groups in total. The van der Waals surface area contributed by atoms with Crippen LogP contribution in [0.15, 0.2) is 18.2 Å². The number of hydrogen-bond donors (Lipinski definition) is 1. The number of ether oxygens (including phenoxy) is 2. The summed E-state index contributed by atoms with van der Waals surface area (Å²) < 4.78 is 12.4. The van der Waals surface area contributed by atoms with Crippen LogP contribution in [0, 0.1) is 18.3 Å². The molecule has 0 saturated heterocycles. The summed E-state index contributed by atoms with van der Waals surface area (Å²) in [5.74, 6) is 1.34. The van der Waals surface area contributed by atoms with Gasteiger partial charge < -0.3 is 14.8 Å². The summed E-state index contributed by atoms with van der Waals surface area (Å²) in [6.45, 7) is 2.42. The Hall–Kier alpha value is -2.68. The van der Waals surface area contributed by atoms with Gasteiger partial charge in [0.15, 0.2) is 0 Å². The molecule has 1 heterocycles. The summed E-state index contributed by atoms with van der Waals surface area (Å²) in [7, 11) is 5.03. The van der Waals surface area contributed by atoms with Crippen LogP contribution in [0.5, 0.6) is 11.6 Å². The van der Waals surface area contributed by atoms with E-state index >= 15 is 0 Å². The van der Waals surface area contributed by atoms with Gasteiger partial charge in [0.1, 0.15) is 11.8 Å². The minimum atomic E-state index is 0.498.